The van der Waals surface area contributed by atoms with Crippen molar-refractivity contribution < 1.29 is 22.7 Å². The van der Waals surface area contributed by atoms with E-state index in [4.69, 9.17) is 4.74 Å². The minimum Gasteiger partial charge on any atom is -0.457 e. The van der Waals surface area contributed by atoms with Crippen molar-refractivity contribution in [2.24, 2.45) is 0 Å². The number of amides is 1. The summed E-state index contributed by atoms with van der Waals surface area (Å²) >= 11 is 0. The van der Waals surface area contributed by atoms with Gasteiger partial charge in [0, 0.05) is 23.5 Å². The fraction of sp³-hybridized carbons (Fsp3) is 0.0667. The SMILES string of the molecule is Cc1cc(NC(=O)c2cn(-c3ccccc3)nc2-c2ccccc2)cc(Oc2cccc(C(F)(F)F)c2)c1. The molecule has 1 heterocycles. The molecule has 0 saturated carbocycles. The van der Waals surface area contributed by atoms with Crippen LogP contribution in [0.15, 0.2) is 109 Å². The van der Waals surface area contributed by atoms with Crippen LogP contribution in [0.2, 0.25) is 0 Å². The van der Waals surface area contributed by atoms with Gasteiger partial charge in [-0.2, -0.15) is 18.3 Å². The van der Waals surface area contributed by atoms with E-state index in [1.165, 1.54) is 12.1 Å². The van der Waals surface area contributed by atoms with Gasteiger partial charge in [-0.15, -0.1) is 0 Å². The molecule has 1 N–H and O–H groups in total. The Morgan fingerprint density at radius 3 is 2.26 bits per heavy atom. The Morgan fingerprint density at radius 2 is 1.55 bits per heavy atom. The van der Waals surface area contributed by atoms with Crippen LogP contribution in [0.3, 0.4) is 0 Å². The number of nitrogens with one attached hydrogen (secondary N) is 1. The first-order chi connectivity index (χ1) is 18.3. The molecule has 4 aromatic carbocycles. The molecular weight excluding hydrogens is 491 g/mol. The molecule has 0 aliphatic heterocycles. The van der Waals surface area contributed by atoms with Crippen LogP contribution >= 0.6 is 0 Å². The smallest absolute Gasteiger partial charge is 0.416 e. The van der Waals surface area contributed by atoms with E-state index in [1.54, 1.807) is 36.0 Å². The van der Waals surface area contributed by atoms with Crippen molar-refractivity contribution in [2.45, 2.75) is 13.1 Å². The topological polar surface area (TPSA) is 56.2 Å². The van der Waals surface area contributed by atoms with Gasteiger partial charge in [-0.3, -0.25) is 4.79 Å². The number of benzene rings is 4. The molecule has 0 spiro atoms. The Balaban J connectivity index is 1.44. The summed E-state index contributed by atoms with van der Waals surface area (Å²) in [6.45, 7) is 1.80. The number of anilines is 1. The monoisotopic (exact) mass is 513 g/mol. The fourth-order valence-corrected chi connectivity index (χ4v) is 4.01. The summed E-state index contributed by atoms with van der Waals surface area (Å²) in [4.78, 5) is 13.5. The van der Waals surface area contributed by atoms with Crippen LogP contribution in [0.1, 0.15) is 21.5 Å². The van der Waals surface area contributed by atoms with Crippen LogP contribution in [0.25, 0.3) is 16.9 Å². The van der Waals surface area contributed by atoms with Gasteiger partial charge < -0.3 is 10.1 Å². The van der Waals surface area contributed by atoms with E-state index in [-0.39, 0.29) is 11.7 Å². The van der Waals surface area contributed by atoms with Gasteiger partial charge in [0.1, 0.15) is 17.2 Å². The standard InChI is InChI=1S/C30H22F3N3O2/c1-20-15-23(18-26(16-20)38-25-14-8-11-22(17-25)30(31,32)33)34-29(37)27-19-36(24-12-6-3-7-13-24)35-28(27)21-9-4-2-5-10-21/h2-19H,1H3,(H,34,37). The zero-order valence-electron chi connectivity index (χ0n) is 20.2. The third-order valence-electron chi connectivity index (χ3n) is 5.73. The van der Waals surface area contributed by atoms with E-state index in [0.29, 0.717) is 22.7 Å². The van der Waals surface area contributed by atoms with Crippen LogP contribution in [-0.4, -0.2) is 15.7 Å². The zero-order chi connectivity index (χ0) is 26.7. The number of aryl methyl sites for hydroxylation is 1. The lowest BCUT2D eigenvalue weighted by Crippen LogP contribution is -2.12. The maximum Gasteiger partial charge on any atom is 0.416 e. The molecule has 0 saturated heterocycles. The van der Waals surface area contributed by atoms with Gasteiger partial charge in [-0.1, -0.05) is 54.6 Å². The Morgan fingerprint density at radius 1 is 0.842 bits per heavy atom. The molecule has 0 fully saturated rings. The molecule has 38 heavy (non-hydrogen) atoms. The molecule has 0 atom stereocenters. The summed E-state index contributed by atoms with van der Waals surface area (Å²) in [7, 11) is 0. The molecule has 0 aliphatic rings. The van der Waals surface area contributed by atoms with Crippen LogP contribution < -0.4 is 10.1 Å². The number of nitrogens with zero attached hydrogens (tertiary/aromatic N) is 2. The zero-order valence-corrected chi connectivity index (χ0v) is 20.2. The molecular formula is C30H22F3N3O2. The Bertz CT molecular complexity index is 1580. The van der Waals surface area contributed by atoms with Crippen LogP contribution in [0.4, 0.5) is 18.9 Å². The lowest BCUT2D eigenvalue weighted by atomic mass is 10.1. The highest BCUT2D eigenvalue weighted by Gasteiger charge is 2.30. The predicted molar refractivity (Wildman–Crippen MR) is 140 cm³/mol. The molecule has 5 rings (SSSR count). The van der Waals surface area contributed by atoms with Crippen molar-refractivity contribution in [1.82, 2.24) is 9.78 Å². The highest BCUT2D eigenvalue weighted by Crippen LogP contribution is 2.34. The van der Waals surface area contributed by atoms with Crippen molar-refractivity contribution in [3.63, 3.8) is 0 Å². The number of carbonyl (C=O) groups is 1. The lowest BCUT2D eigenvalue weighted by Gasteiger charge is -2.12. The Hall–Kier alpha value is -4.85. The van der Waals surface area contributed by atoms with Gasteiger partial charge in [0.05, 0.1) is 16.8 Å². The second kappa shape index (κ2) is 10.3. The summed E-state index contributed by atoms with van der Waals surface area (Å²) in [6, 6.07) is 28.5. The second-order valence-electron chi connectivity index (χ2n) is 8.65. The molecule has 5 nitrogen and oxygen atoms in total. The number of halogens is 3. The third-order valence-corrected chi connectivity index (χ3v) is 5.73. The molecule has 8 heteroatoms. The largest absolute Gasteiger partial charge is 0.457 e. The van der Waals surface area contributed by atoms with Crippen LogP contribution in [0.5, 0.6) is 11.5 Å². The van der Waals surface area contributed by atoms with E-state index in [0.717, 1.165) is 28.9 Å². The quantitative estimate of drug-likeness (QED) is 0.251. The summed E-state index contributed by atoms with van der Waals surface area (Å²) in [5, 5.41) is 7.56. The first-order valence-electron chi connectivity index (χ1n) is 11.7. The summed E-state index contributed by atoms with van der Waals surface area (Å²) in [6.07, 6.45) is -2.81. The predicted octanol–water partition coefficient (Wildman–Crippen LogP) is 7.91. The minimum atomic E-state index is -4.48. The maximum absolute atomic E-state index is 13.5. The number of para-hydroxylation sites is 1. The van der Waals surface area contributed by atoms with E-state index >= 15 is 0 Å². The molecule has 1 aromatic heterocycles. The summed E-state index contributed by atoms with van der Waals surface area (Å²) in [5.41, 5.74) is 2.85. The van der Waals surface area contributed by atoms with E-state index in [9.17, 15) is 18.0 Å². The first-order valence-corrected chi connectivity index (χ1v) is 11.7. The number of carbonyl (C=O) groups excluding carboxylic acids is 1. The average Bonchev–Trinajstić information content (AvgIpc) is 3.35. The molecule has 0 unspecified atom stereocenters. The van der Waals surface area contributed by atoms with Gasteiger partial charge in [-0.05, 0) is 55.0 Å². The van der Waals surface area contributed by atoms with Gasteiger partial charge in [0.25, 0.3) is 5.91 Å². The lowest BCUT2D eigenvalue weighted by molar-refractivity contribution is -0.137. The Labute approximate surface area is 217 Å². The van der Waals surface area contributed by atoms with Gasteiger partial charge in [0.15, 0.2) is 0 Å². The van der Waals surface area contributed by atoms with Crippen molar-refractivity contribution in [2.75, 3.05) is 5.32 Å². The second-order valence-corrected chi connectivity index (χ2v) is 8.65. The first kappa shape index (κ1) is 24.8. The number of alkyl halides is 3. The van der Waals surface area contributed by atoms with E-state index < -0.39 is 11.7 Å². The average molecular weight is 514 g/mol. The van der Waals surface area contributed by atoms with Crippen molar-refractivity contribution in [3.05, 3.63) is 126 Å². The number of rotatable bonds is 6. The molecule has 0 bridgehead atoms. The van der Waals surface area contributed by atoms with E-state index in [2.05, 4.69) is 10.4 Å². The number of aromatic nitrogens is 2. The highest BCUT2D eigenvalue weighted by molar-refractivity contribution is 6.08. The Kier molecular flexibility index (Phi) is 6.70. The van der Waals surface area contributed by atoms with Crippen LogP contribution in [-0.2, 0) is 6.18 Å². The van der Waals surface area contributed by atoms with Crippen molar-refractivity contribution >= 4 is 11.6 Å². The minimum absolute atomic E-state index is 0.0400. The van der Waals surface area contributed by atoms with Crippen molar-refractivity contribution in [3.8, 4) is 28.4 Å². The number of hydrogen-bond acceptors (Lipinski definition) is 3. The summed E-state index contributed by atoms with van der Waals surface area (Å²) in [5.74, 6) is -0.0530. The number of ether oxygens (including phenoxy) is 1. The molecule has 0 radical (unpaired) electrons. The fourth-order valence-electron chi connectivity index (χ4n) is 4.01. The molecule has 5 aromatic rings. The van der Waals surface area contributed by atoms with Gasteiger partial charge in [0.2, 0.25) is 0 Å². The molecule has 0 aliphatic carbocycles. The summed E-state index contributed by atoms with van der Waals surface area (Å²) < 4.78 is 46.6. The van der Waals surface area contributed by atoms with Gasteiger partial charge in [-0.25, -0.2) is 4.68 Å². The highest BCUT2D eigenvalue weighted by atomic mass is 19.4. The van der Waals surface area contributed by atoms with Crippen LogP contribution in [0, 0.1) is 6.92 Å². The van der Waals surface area contributed by atoms with E-state index in [1.807, 2.05) is 60.7 Å². The van der Waals surface area contributed by atoms with Gasteiger partial charge >= 0.3 is 6.18 Å². The number of hydrogen-bond donors (Lipinski definition) is 1. The normalized spacial score (nSPS) is 11.3. The molecule has 1 amide bonds. The van der Waals surface area contributed by atoms with Crippen molar-refractivity contribution in [1.29, 1.82) is 0 Å². The molecule has 190 valence electrons. The third kappa shape index (κ3) is 5.59. The maximum atomic E-state index is 13.5.